The van der Waals surface area contributed by atoms with E-state index in [1.165, 1.54) is 4.88 Å². The van der Waals surface area contributed by atoms with E-state index in [-0.39, 0.29) is 29.8 Å². The summed E-state index contributed by atoms with van der Waals surface area (Å²) >= 11 is 1.65. The zero-order chi connectivity index (χ0) is 19.2. The van der Waals surface area contributed by atoms with Crippen molar-refractivity contribution in [2.45, 2.75) is 24.3 Å². The van der Waals surface area contributed by atoms with Crippen LogP contribution in [-0.4, -0.2) is 46.4 Å². The molecule has 1 aromatic heterocycles. The Morgan fingerprint density at radius 1 is 1.19 bits per heavy atom. The molecule has 1 amide bonds. The molecule has 0 saturated carbocycles. The maximum atomic E-state index is 12.2. The number of hydrogen-bond acceptors (Lipinski definition) is 5. The Labute approximate surface area is 159 Å². The summed E-state index contributed by atoms with van der Waals surface area (Å²) < 4.78 is 26.8. The van der Waals surface area contributed by atoms with Gasteiger partial charge in [-0.2, -0.15) is 0 Å². The summed E-state index contributed by atoms with van der Waals surface area (Å²) in [7, 11) is 0.340. The first-order chi connectivity index (χ1) is 12.3. The minimum Gasteiger partial charge on any atom is -0.354 e. The van der Waals surface area contributed by atoms with Crippen LogP contribution in [0.1, 0.15) is 22.9 Å². The lowest BCUT2D eigenvalue weighted by molar-refractivity contribution is -0.121. The SMILES string of the molecule is Cc1ccc(S(=O)(=O)NCCC(=O)NC[C@H](c2cccs2)N(C)C)cc1. The lowest BCUT2D eigenvalue weighted by atomic mass is 10.2. The summed E-state index contributed by atoms with van der Waals surface area (Å²) in [6, 6.07) is 10.7. The molecule has 1 atom stereocenters. The third-order valence-electron chi connectivity index (χ3n) is 3.96. The van der Waals surface area contributed by atoms with Gasteiger partial charge in [-0.3, -0.25) is 4.79 Å². The Bertz CT molecular complexity index is 801. The number of thiophene rings is 1. The van der Waals surface area contributed by atoms with Gasteiger partial charge in [0.05, 0.1) is 10.9 Å². The molecule has 1 aromatic carbocycles. The van der Waals surface area contributed by atoms with Gasteiger partial charge in [0.15, 0.2) is 0 Å². The number of benzene rings is 1. The number of nitrogens with one attached hydrogen (secondary N) is 2. The fraction of sp³-hybridized carbons (Fsp3) is 0.389. The van der Waals surface area contributed by atoms with Gasteiger partial charge in [0.2, 0.25) is 15.9 Å². The minimum absolute atomic E-state index is 0.0632. The number of aryl methyl sites for hydroxylation is 1. The summed E-state index contributed by atoms with van der Waals surface area (Å²) in [6.07, 6.45) is 0.0929. The summed E-state index contributed by atoms with van der Waals surface area (Å²) in [5.74, 6) is -0.181. The molecule has 2 aromatic rings. The molecule has 6 nitrogen and oxygen atoms in total. The van der Waals surface area contributed by atoms with Crippen LogP contribution in [0.15, 0.2) is 46.7 Å². The molecule has 2 N–H and O–H groups in total. The van der Waals surface area contributed by atoms with Crippen molar-refractivity contribution in [3.8, 4) is 0 Å². The van der Waals surface area contributed by atoms with Gasteiger partial charge >= 0.3 is 0 Å². The fourth-order valence-electron chi connectivity index (χ4n) is 2.42. The highest BCUT2D eigenvalue weighted by Gasteiger charge is 2.17. The first-order valence-corrected chi connectivity index (χ1v) is 10.7. The molecule has 0 aliphatic carbocycles. The molecule has 0 bridgehead atoms. The molecular weight excluding hydrogens is 370 g/mol. The number of carbonyl (C=O) groups excluding carboxylic acids is 1. The Balaban J connectivity index is 1.80. The van der Waals surface area contributed by atoms with Gasteiger partial charge in [-0.05, 0) is 44.6 Å². The van der Waals surface area contributed by atoms with E-state index in [4.69, 9.17) is 0 Å². The average molecular weight is 396 g/mol. The number of amides is 1. The third kappa shape index (κ3) is 5.91. The van der Waals surface area contributed by atoms with Crippen LogP contribution in [0.4, 0.5) is 0 Å². The van der Waals surface area contributed by atoms with E-state index >= 15 is 0 Å². The minimum atomic E-state index is -3.59. The number of likely N-dealkylation sites (N-methyl/N-ethyl adjacent to an activating group) is 1. The molecule has 0 radical (unpaired) electrons. The summed E-state index contributed by atoms with van der Waals surface area (Å²) in [6.45, 7) is 2.44. The number of nitrogens with zero attached hydrogens (tertiary/aromatic N) is 1. The lowest BCUT2D eigenvalue weighted by Gasteiger charge is -2.23. The maximum Gasteiger partial charge on any atom is 0.240 e. The van der Waals surface area contributed by atoms with E-state index < -0.39 is 10.0 Å². The highest BCUT2D eigenvalue weighted by atomic mass is 32.2. The second-order valence-corrected chi connectivity index (χ2v) is 9.01. The molecule has 0 spiro atoms. The first kappa shape index (κ1) is 20.6. The highest BCUT2D eigenvalue weighted by Crippen LogP contribution is 2.22. The molecule has 0 saturated heterocycles. The maximum absolute atomic E-state index is 12.2. The molecule has 2 rings (SSSR count). The lowest BCUT2D eigenvalue weighted by Crippen LogP contribution is -2.36. The highest BCUT2D eigenvalue weighted by molar-refractivity contribution is 7.89. The van der Waals surface area contributed by atoms with Crippen molar-refractivity contribution in [2.24, 2.45) is 0 Å². The predicted octanol–water partition coefficient (Wildman–Crippen LogP) is 2.14. The van der Waals surface area contributed by atoms with Gasteiger partial charge in [0, 0.05) is 24.4 Å². The van der Waals surface area contributed by atoms with Crippen molar-refractivity contribution in [1.82, 2.24) is 14.9 Å². The number of carbonyl (C=O) groups is 1. The number of sulfonamides is 1. The summed E-state index contributed by atoms with van der Waals surface area (Å²) in [5.41, 5.74) is 0.990. The van der Waals surface area contributed by atoms with Gasteiger partial charge < -0.3 is 10.2 Å². The third-order valence-corrected chi connectivity index (χ3v) is 6.41. The van der Waals surface area contributed by atoms with E-state index in [1.54, 1.807) is 35.6 Å². The number of rotatable bonds is 9. The second kappa shape index (κ2) is 9.27. The van der Waals surface area contributed by atoms with E-state index in [1.807, 2.05) is 43.4 Å². The van der Waals surface area contributed by atoms with Crippen molar-refractivity contribution >= 4 is 27.3 Å². The van der Waals surface area contributed by atoms with Crippen molar-refractivity contribution in [3.63, 3.8) is 0 Å². The Morgan fingerprint density at radius 2 is 1.88 bits per heavy atom. The second-order valence-electron chi connectivity index (χ2n) is 6.26. The van der Waals surface area contributed by atoms with Crippen molar-refractivity contribution < 1.29 is 13.2 Å². The predicted molar refractivity (Wildman–Crippen MR) is 105 cm³/mol. The monoisotopic (exact) mass is 395 g/mol. The Kier molecular flexibility index (Phi) is 7.33. The van der Waals surface area contributed by atoms with Crippen LogP contribution in [-0.2, 0) is 14.8 Å². The Hall–Kier alpha value is -1.74. The molecule has 26 heavy (non-hydrogen) atoms. The van der Waals surface area contributed by atoms with Crippen LogP contribution < -0.4 is 10.0 Å². The van der Waals surface area contributed by atoms with Crippen LogP contribution >= 0.6 is 11.3 Å². The van der Waals surface area contributed by atoms with Gasteiger partial charge in [0.25, 0.3) is 0 Å². The summed E-state index contributed by atoms with van der Waals surface area (Å²) in [4.78, 5) is 15.5. The molecule has 0 unspecified atom stereocenters. The standard InChI is InChI=1S/C18H25N3O3S2/c1-14-6-8-15(9-7-14)26(23,24)20-11-10-18(22)19-13-16(21(2)3)17-5-4-12-25-17/h4-9,12,16,20H,10-11,13H2,1-3H3,(H,19,22)/t16-/m1/s1. The van der Waals surface area contributed by atoms with Crippen LogP contribution in [0, 0.1) is 6.92 Å². The molecule has 0 fully saturated rings. The zero-order valence-corrected chi connectivity index (χ0v) is 16.9. The van der Waals surface area contributed by atoms with Crippen molar-refractivity contribution in [1.29, 1.82) is 0 Å². The van der Waals surface area contributed by atoms with E-state index in [2.05, 4.69) is 10.0 Å². The van der Waals surface area contributed by atoms with E-state index in [0.29, 0.717) is 6.54 Å². The molecular formula is C18H25N3O3S2. The van der Waals surface area contributed by atoms with Crippen molar-refractivity contribution in [3.05, 3.63) is 52.2 Å². The molecule has 8 heteroatoms. The normalized spacial score (nSPS) is 12.9. The van der Waals surface area contributed by atoms with Gasteiger partial charge in [-0.15, -0.1) is 11.3 Å². The van der Waals surface area contributed by atoms with Crippen LogP contribution in [0.5, 0.6) is 0 Å². The fourth-order valence-corrected chi connectivity index (χ4v) is 4.37. The topological polar surface area (TPSA) is 78.5 Å². The smallest absolute Gasteiger partial charge is 0.240 e. The largest absolute Gasteiger partial charge is 0.354 e. The molecule has 0 aliphatic rings. The molecule has 0 aliphatic heterocycles. The van der Waals surface area contributed by atoms with E-state index in [0.717, 1.165) is 5.56 Å². The first-order valence-electron chi connectivity index (χ1n) is 8.32. The molecule has 1 heterocycles. The van der Waals surface area contributed by atoms with Gasteiger partial charge in [-0.25, -0.2) is 13.1 Å². The quantitative estimate of drug-likeness (QED) is 0.682. The Morgan fingerprint density at radius 3 is 2.46 bits per heavy atom. The van der Waals surface area contributed by atoms with Gasteiger partial charge in [-0.1, -0.05) is 23.8 Å². The average Bonchev–Trinajstić information content (AvgIpc) is 3.09. The number of hydrogen-bond donors (Lipinski definition) is 2. The zero-order valence-electron chi connectivity index (χ0n) is 15.2. The summed E-state index contributed by atoms with van der Waals surface area (Å²) in [5, 5.41) is 4.88. The van der Waals surface area contributed by atoms with Crippen LogP contribution in [0.2, 0.25) is 0 Å². The van der Waals surface area contributed by atoms with E-state index in [9.17, 15) is 13.2 Å². The van der Waals surface area contributed by atoms with Crippen LogP contribution in [0.25, 0.3) is 0 Å². The van der Waals surface area contributed by atoms with Gasteiger partial charge in [0.1, 0.15) is 0 Å². The van der Waals surface area contributed by atoms with Crippen molar-refractivity contribution in [2.75, 3.05) is 27.2 Å². The molecule has 142 valence electrons. The van der Waals surface area contributed by atoms with Crippen LogP contribution in [0.3, 0.4) is 0 Å².